The number of halogens is 1. The average molecular weight is 411 g/mol. The van der Waals surface area contributed by atoms with E-state index < -0.39 is 6.04 Å². The Kier molecular flexibility index (Phi) is 5.67. The summed E-state index contributed by atoms with van der Waals surface area (Å²) in [5.41, 5.74) is 1.40. The molecule has 150 valence electrons. The van der Waals surface area contributed by atoms with Gasteiger partial charge in [-0.3, -0.25) is 14.4 Å². The first-order valence-electron chi connectivity index (χ1n) is 10.0. The monoisotopic (exact) mass is 410 g/mol. The summed E-state index contributed by atoms with van der Waals surface area (Å²) in [4.78, 5) is 42.1. The first kappa shape index (κ1) is 19.6. The number of amides is 3. The standard InChI is InChI=1S/C23H23ClN2O3/c24-17-12-10-16(11-13-17)14-21(27)25(18-8-4-5-9-18)20-15-22(28)26(23(20)29)19-6-2-1-3-7-19/h1-3,6-7,10-13,18,20H,4-5,8-9,14-15H2. The van der Waals surface area contributed by atoms with Crippen molar-refractivity contribution in [3.8, 4) is 0 Å². The summed E-state index contributed by atoms with van der Waals surface area (Å²) >= 11 is 5.94. The van der Waals surface area contributed by atoms with Crippen LogP contribution in [-0.2, 0) is 20.8 Å². The fourth-order valence-electron chi connectivity index (χ4n) is 4.36. The zero-order valence-corrected chi connectivity index (χ0v) is 16.8. The van der Waals surface area contributed by atoms with E-state index in [1.165, 1.54) is 4.90 Å². The molecule has 0 aromatic heterocycles. The van der Waals surface area contributed by atoms with Crippen LogP contribution < -0.4 is 4.90 Å². The summed E-state index contributed by atoms with van der Waals surface area (Å²) < 4.78 is 0. The lowest BCUT2D eigenvalue weighted by Crippen LogP contribution is -2.50. The molecule has 1 aliphatic carbocycles. The van der Waals surface area contributed by atoms with Crippen LogP contribution in [0.15, 0.2) is 54.6 Å². The van der Waals surface area contributed by atoms with E-state index in [1.54, 1.807) is 41.3 Å². The SMILES string of the molecule is O=C1CC(N(C(=O)Cc2ccc(Cl)cc2)C2CCCC2)C(=O)N1c1ccccc1. The third-order valence-corrected chi connectivity index (χ3v) is 6.00. The van der Waals surface area contributed by atoms with Gasteiger partial charge in [-0.25, -0.2) is 4.90 Å². The number of imide groups is 1. The van der Waals surface area contributed by atoms with Crippen molar-refractivity contribution in [3.63, 3.8) is 0 Å². The Morgan fingerprint density at radius 1 is 1.00 bits per heavy atom. The highest BCUT2D eigenvalue weighted by Crippen LogP contribution is 2.32. The summed E-state index contributed by atoms with van der Waals surface area (Å²) in [5, 5.41) is 0.615. The Balaban J connectivity index is 1.60. The third kappa shape index (κ3) is 4.06. The minimum Gasteiger partial charge on any atom is -0.327 e. The number of hydrogen-bond acceptors (Lipinski definition) is 3. The second kappa shape index (κ2) is 8.37. The molecule has 1 heterocycles. The minimum absolute atomic E-state index is 0.00673. The van der Waals surface area contributed by atoms with Crippen LogP contribution in [0, 0.1) is 0 Å². The van der Waals surface area contributed by atoms with Crippen LogP contribution in [0.1, 0.15) is 37.7 Å². The van der Waals surface area contributed by atoms with Crippen molar-refractivity contribution >= 4 is 35.0 Å². The van der Waals surface area contributed by atoms with E-state index in [1.807, 2.05) is 18.2 Å². The van der Waals surface area contributed by atoms with Gasteiger partial charge in [0, 0.05) is 11.1 Å². The third-order valence-electron chi connectivity index (χ3n) is 5.75. The quantitative estimate of drug-likeness (QED) is 0.700. The van der Waals surface area contributed by atoms with Gasteiger partial charge in [-0.2, -0.15) is 0 Å². The van der Waals surface area contributed by atoms with Gasteiger partial charge >= 0.3 is 0 Å². The highest BCUT2D eigenvalue weighted by atomic mass is 35.5. The first-order valence-corrected chi connectivity index (χ1v) is 10.4. The van der Waals surface area contributed by atoms with Gasteiger partial charge in [0.25, 0.3) is 5.91 Å². The van der Waals surface area contributed by atoms with Gasteiger partial charge in [-0.1, -0.05) is 54.8 Å². The van der Waals surface area contributed by atoms with Crippen LogP contribution in [0.25, 0.3) is 0 Å². The van der Waals surface area contributed by atoms with Crippen molar-refractivity contribution < 1.29 is 14.4 Å². The Bertz CT molecular complexity index is 907. The number of benzene rings is 2. The maximum Gasteiger partial charge on any atom is 0.257 e. The zero-order chi connectivity index (χ0) is 20.4. The molecule has 6 heteroatoms. The van der Waals surface area contributed by atoms with E-state index >= 15 is 0 Å². The first-order chi connectivity index (χ1) is 14.0. The van der Waals surface area contributed by atoms with Gasteiger partial charge < -0.3 is 4.90 Å². The van der Waals surface area contributed by atoms with Crippen LogP contribution in [0.2, 0.25) is 5.02 Å². The highest BCUT2D eigenvalue weighted by Gasteiger charge is 2.46. The lowest BCUT2D eigenvalue weighted by molar-refractivity contribution is -0.140. The molecule has 1 unspecified atom stereocenters. The molecular formula is C23H23ClN2O3. The number of anilines is 1. The molecule has 0 radical (unpaired) electrons. The fraction of sp³-hybridized carbons (Fsp3) is 0.348. The van der Waals surface area contributed by atoms with Gasteiger partial charge in [0.15, 0.2) is 0 Å². The summed E-state index contributed by atoms with van der Waals surface area (Å²) in [6, 6.07) is 15.4. The molecule has 1 aliphatic heterocycles. The molecular weight excluding hydrogens is 388 g/mol. The molecule has 2 fully saturated rings. The normalized spacial score (nSPS) is 19.8. The van der Waals surface area contributed by atoms with Gasteiger partial charge in [-0.15, -0.1) is 0 Å². The molecule has 3 amide bonds. The second-order valence-corrected chi connectivity index (χ2v) is 8.10. The van der Waals surface area contributed by atoms with E-state index in [2.05, 4.69) is 0 Å². The van der Waals surface area contributed by atoms with E-state index in [9.17, 15) is 14.4 Å². The molecule has 1 atom stereocenters. The Hall–Kier alpha value is -2.66. The van der Waals surface area contributed by atoms with Crippen LogP contribution in [0.3, 0.4) is 0 Å². The zero-order valence-electron chi connectivity index (χ0n) is 16.1. The summed E-state index contributed by atoms with van der Waals surface area (Å²) in [5.74, 6) is -0.675. The summed E-state index contributed by atoms with van der Waals surface area (Å²) in [6.07, 6.45) is 4.04. The number of carbonyl (C=O) groups is 3. The molecule has 0 bridgehead atoms. The molecule has 2 aliphatic rings. The van der Waals surface area contributed by atoms with Crippen LogP contribution in [0.5, 0.6) is 0 Å². The van der Waals surface area contributed by atoms with Gasteiger partial charge in [0.1, 0.15) is 6.04 Å². The van der Waals surface area contributed by atoms with Crippen molar-refractivity contribution in [3.05, 3.63) is 65.2 Å². The summed E-state index contributed by atoms with van der Waals surface area (Å²) in [6.45, 7) is 0. The number of carbonyl (C=O) groups excluding carboxylic acids is 3. The lowest BCUT2D eigenvalue weighted by Gasteiger charge is -2.33. The second-order valence-electron chi connectivity index (χ2n) is 7.67. The topological polar surface area (TPSA) is 57.7 Å². The maximum atomic E-state index is 13.3. The lowest BCUT2D eigenvalue weighted by atomic mass is 10.1. The van der Waals surface area contributed by atoms with Crippen LogP contribution >= 0.6 is 11.6 Å². The number of nitrogens with zero attached hydrogens (tertiary/aromatic N) is 2. The van der Waals surface area contributed by atoms with Crippen molar-refractivity contribution in [1.82, 2.24) is 4.90 Å². The van der Waals surface area contributed by atoms with E-state index in [4.69, 9.17) is 11.6 Å². The molecule has 2 aromatic rings. The van der Waals surface area contributed by atoms with Gasteiger partial charge in [-0.05, 0) is 42.7 Å². The number of rotatable bonds is 5. The minimum atomic E-state index is -0.731. The van der Waals surface area contributed by atoms with Crippen molar-refractivity contribution in [2.45, 2.75) is 50.6 Å². The van der Waals surface area contributed by atoms with Gasteiger partial charge in [0.05, 0.1) is 18.5 Å². The van der Waals surface area contributed by atoms with Crippen molar-refractivity contribution in [2.75, 3.05) is 4.90 Å². The van der Waals surface area contributed by atoms with Crippen molar-refractivity contribution in [1.29, 1.82) is 0 Å². The molecule has 0 spiro atoms. The number of hydrogen-bond donors (Lipinski definition) is 0. The Morgan fingerprint density at radius 2 is 1.66 bits per heavy atom. The van der Waals surface area contributed by atoms with Crippen molar-refractivity contribution in [2.24, 2.45) is 0 Å². The largest absolute Gasteiger partial charge is 0.327 e. The predicted molar refractivity (Wildman–Crippen MR) is 112 cm³/mol. The van der Waals surface area contributed by atoms with Crippen LogP contribution in [0.4, 0.5) is 5.69 Å². The highest BCUT2D eigenvalue weighted by molar-refractivity contribution is 6.30. The Labute approximate surface area is 175 Å². The maximum absolute atomic E-state index is 13.3. The molecule has 29 heavy (non-hydrogen) atoms. The van der Waals surface area contributed by atoms with E-state index in [-0.39, 0.29) is 36.6 Å². The molecule has 5 nitrogen and oxygen atoms in total. The molecule has 0 N–H and O–H groups in total. The molecule has 1 saturated carbocycles. The van der Waals surface area contributed by atoms with E-state index in [0.717, 1.165) is 31.2 Å². The van der Waals surface area contributed by atoms with Gasteiger partial charge in [0.2, 0.25) is 11.8 Å². The van der Waals surface area contributed by atoms with Crippen LogP contribution in [-0.4, -0.2) is 34.7 Å². The fourth-order valence-corrected chi connectivity index (χ4v) is 4.49. The Morgan fingerprint density at radius 3 is 2.31 bits per heavy atom. The number of para-hydroxylation sites is 1. The molecule has 1 saturated heterocycles. The summed E-state index contributed by atoms with van der Waals surface area (Å²) in [7, 11) is 0. The smallest absolute Gasteiger partial charge is 0.257 e. The average Bonchev–Trinajstić information content (AvgIpc) is 3.33. The van der Waals surface area contributed by atoms with E-state index in [0.29, 0.717) is 10.7 Å². The molecule has 4 rings (SSSR count). The molecule has 2 aromatic carbocycles. The predicted octanol–water partition coefficient (Wildman–Crippen LogP) is 3.99.